The average molecular weight is 297 g/mol. The van der Waals surface area contributed by atoms with E-state index in [9.17, 15) is 0 Å². The second-order valence-corrected chi connectivity index (χ2v) is 7.30. The summed E-state index contributed by atoms with van der Waals surface area (Å²) in [7, 11) is 0. The summed E-state index contributed by atoms with van der Waals surface area (Å²) in [5.41, 5.74) is 5.91. The molecule has 1 saturated heterocycles. The number of likely N-dealkylation sites (tertiary alicyclic amines) is 1. The molecule has 1 aliphatic rings. The molecule has 1 fully saturated rings. The molecule has 0 aromatic heterocycles. The van der Waals surface area contributed by atoms with Crippen molar-refractivity contribution in [1.82, 2.24) is 10.2 Å². The highest BCUT2D eigenvalue weighted by Crippen LogP contribution is 2.18. The fraction of sp³-hybridized carbons (Fsp3) is 0.941. The molecule has 124 valence electrons. The summed E-state index contributed by atoms with van der Waals surface area (Å²) in [4.78, 5) is 7.11. The van der Waals surface area contributed by atoms with Crippen molar-refractivity contribution in [2.45, 2.75) is 53.4 Å². The van der Waals surface area contributed by atoms with E-state index >= 15 is 0 Å². The monoisotopic (exact) mass is 296 g/mol. The van der Waals surface area contributed by atoms with Gasteiger partial charge in [-0.3, -0.25) is 4.99 Å². The van der Waals surface area contributed by atoms with Gasteiger partial charge in [0.05, 0.1) is 0 Å². The van der Waals surface area contributed by atoms with Gasteiger partial charge in [0.15, 0.2) is 5.96 Å². The molecule has 0 amide bonds. The molecule has 0 spiro atoms. The molecule has 0 saturated carbocycles. The van der Waals surface area contributed by atoms with Gasteiger partial charge >= 0.3 is 0 Å². The zero-order valence-corrected chi connectivity index (χ0v) is 14.6. The number of piperidine rings is 1. The predicted octanol–water partition coefficient (Wildman–Crippen LogP) is 2.69. The van der Waals surface area contributed by atoms with E-state index < -0.39 is 0 Å². The first-order chi connectivity index (χ1) is 9.97. The summed E-state index contributed by atoms with van der Waals surface area (Å²) in [5, 5.41) is 3.21. The van der Waals surface area contributed by atoms with Crippen LogP contribution in [0.25, 0.3) is 0 Å². The summed E-state index contributed by atoms with van der Waals surface area (Å²) in [6.45, 7) is 14.6. The van der Waals surface area contributed by atoms with E-state index in [1.807, 2.05) is 0 Å². The fourth-order valence-electron chi connectivity index (χ4n) is 2.61. The number of guanidine groups is 1. The van der Waals surface area contributed by atoms with Crippen molar-refractivity contribution in [2.24, 2.45) is 28.5 Å². The lowest BCUT2D eigenvalue weighted by atomic mass is 9.96. The Balaban J connectivity index is 2.14. The van der Waals surface area contributed by atoms with Crippen LogP contribution in [0.1, 0.15) is 53.4 Å². The number of nitrogens with two attached hydrogens (primary N) is 1. The van der Waals surface area contributed by atoms with Crippen molar-refractivity contribution in [3.05, 3.63) is 0 Å². The quantitative estimate of drug-likeness (QED) is 0.535. The Hall–Kier alpha value is -0.770. The van der Waals surface area contributed by atoms with Crippen LogP contribution in [0.2, 0.25) is 0 Å². The van der Waals surface area contributed by atoms with E-state index in [2.05, 4.69) is 42.9 Å². The first-order valence-corrected chi connectivity index (χ1v) is 8.73. The Morgan fingerprint density at radius 1 is 1.14 bits per heavy atom. The number of hydrogen-bond acceptors (Lipinski definition) is 2. The highest BCUT2D eigenvalue weighted by Gasteiger charge is 2.18. The number of rotatable bonds is 8. The average Bonchev–Trinajstić information content (AvgIpc) is 2.43. The normalized spacial score (nSPS) is 18.7. The molecule has 4 nitrogen and oxygen atoms in total. The smallest absolute Gasteiger partial charge is 0.188 e. The Kier molecular flexibility index (Phi) is 8.74. The molecule has 0 unspecified atom stereocenters. The maximum Gasteiger partial charge on any atom is 0.188 e. The van der Waals surface area contributed by atoms with Gasteiger partial charge in [-0.05, 0) is 63.1 Å². The zero-order chi connectivity index (χ0) is 15.7. The Labute approximate surface area is 131 Å². The van der Waals surface area contributed by atoms with Crippen LogP contribution >= 0.6 is 0 Å². The largest absolute Gasteiger partial charge is 0.370 e. The van der Waals surface area contributed by atoms with Gasteiger partial charge in [0.1, 0.15) is 0 Å². The molecule has 1 aliphatic heterocycles. The highest BCUT2D eigenvalue weighted by molar-refractivity contribution is 5.77. The number of aliphatic imine (C=N–C) groups is 1. The van der Waals surface area contributed by atoms with Crippen LogP contribution in [0.15, 0.2) is 4.99 Å². The van der Waals surface area contributed by atoms with Crippen molar-refractivity contribution in [3.8, 4) is 0 Å². The Morgan fingerprint density at radius 3 is 2.33 bits per heavy atom. The van der Waals surface area contributed by atoms with E-state index in [0.29, 0.717) is 17.8 Å². The third-order valence-electron chi connectivity index (χ3n) is 4.28. The molecule has 4 heteroatoms. The van der Waals surface area contributed by atoms with E-state index in [0.717, 1.165) is 25.4 Å². The SMILES string of the molecule is CC(C)CCNC(N)=NCC1CCN(CCC(C)C)CC1. The lowest BCUT2D eigenvalue weighted by molar-refractivity contribution is 0.180. The van der Waals surface area contributed by atoms with E-state index in [4.69, 9.17) is 5.73 Å². The molecule has 1 heterocycles. The number of nitrogens with one attached hydrogen (secondary N) is 1. The summed E-state index contributed by atoms with van der Waals surface area (Å²) in [6, 6.07) is 0. The second-order valence-electron chi connectivity index (χ2n) is 7.30. The molecule has 1 rings (SSSR count). The molecule has 3 N–H and O–H groups in total. The minimum absolute atomic E-state index is 0.623. The van der Waals surface area contributed by atoms with Crippen molar-refractivity contribution in [1.29, 1.82) is 0 Å². The van der Waals surface area contributed by atoms with Crippen LogP contribution < -0.4 is 11.1 Å². The molecular weight excluding hydrogens is 260 g/mol. The lowest BCUT2D eigenvalue weighted by Gasteiger charge is -2.31. The topological polar surface area (TPSA) is 53.6 Å². The van der Waals surface area contributed by atoms with Gasteiger partial charge in [0.25, 0.3) is 0 Å². The van der Waals surface area contributed by atoms with Crippen LogP contribution in [0, 0.1) is 17.8 Å². The maximum atomic E-state index is 5.91. The fourth-order valence-corrected chi connectivity index (χ4v) is 2.61. The lowest BCUT2D eigenvalue weighted by Crippen LogP contribution is -2.37. The van der Waals surface area contributed by atoms with E-state index in [1.165, 1.54) is 38.9 Å². The summed E-state index contributed by atoms with van der Waals surface area (Å²) >= 11 is 0. The first-order valence-electron chi connectivity index (χ1n) is 8.73. The van der Waals surface area contributed by atoms with Gasteiger partial charge in [0.2, 0.25) is 0 Å². The van der Waals surface area contributed by atoms with E-state index in [-0.39, 0.29) is 0 Å². The molecule has 0 radical (unpaired) electrons. The van der Waals surface area contributed by atoms with Gasteiger partial charge in [-0.15, -0.1) is 0 Å². The molecule has 0 aromatic carbocycles. The van der Waals surface area contributed by atoms with Gasteiger partial charge in [-0.2, -0.15) is 0 Å². The Morgan fingerprint density at radius 2 is 1.76 bits per heavy atom. The second kappa shape index (κ2) is 10.0. The molecular formula is C17H36N4. The summed E-state index contributed by atoms with van der Waals surface area (Å²) < 4.78 is 0. The predicted molar refractivity (Wildman–Crippen MR) is 92.6 cm³/mol. The van der Waals surface area contributed by atoms with Crippen molar-refractivity contribution >= 4 is 5.96 Å². The van der Waals surface area contributed by atoms with Gasteiger partial charge in [0, 0.05) is 13.1 Å². The van der Waals surface area contributed by atoms with Crippen LogP contribution in [0.4, 0.5) is 0 Å². The number of nitrogens with zero attached hydrogens (tertiary/aromatic N) is 2. The maximum absolute atomic E-state index is 5.91. The zero-order valence-electron chi connectivity index (χ0n) is 14.6. The van der Waals surface area contributed by atoms with Crippen molar-refractivity contribution in [3.63, 3.8) is 0 Å². The minimum atomic E-state index is 0.623. The van der Waals surface area contributed by atoms with Crippen LogP contribution in [-0.2, 0) is 0 Å². The highest BCUT2D eigenvalue weighted by atomic mass is 15.1. The molecule has 0 aromatic rings. The van der Waals surface area contributed by atoms with Crippen LogP contribution in [-0.4, -0.2) is 43.6 Å². The van der Waals surface area contributed by atoms with Crippen LogP contribution in [0.3, 0.4) is 0 Å². The molecule has 21 heavy (non-hydrogen) atoms. The summed E-state index contributed by atoms with van der Waals surface area (Å²) in [5.74, 6) is 2.85. The standard InChI is InChI=1S/C17H36N4/c1-14(2)5-9-19-17(18)20-13-16-7-11-21(12-8-16)10-6-15(3)4/h14-16H,5-13H2,1-4H3,(H3,18,19,20). The summed E-state index contributed by atoms with van der Waals surface area (Å²) in [6.07, 6.45) is 4.99. The van der Waals surface area contributed by atoms with Gasteiger partial charge < -0.3 is 16.0 Å². The Bertz CT molecular complexity index is 291. The van der Waals surface area contributed by atoms with Crippen molar-refractivity contribution < 1.29 is 0 Å². The number of hydrogen-bond donors (Lipinski definition) is 2. The third-order valence-corrected chi connectivity index (χ3v) is 4.28. The van der Waals surface area contributed by atoms with Crippen LogP contribution in [0.5, 0.6) is 0 Å². The molecule has 0 aliphatic carbocycles. The molecule has 0 atom stereocenters. The van der Waals surface area contributed by atoms with E-state index in [1.54, 1.807) is 0 Å². The molecule has 0 bridgehead atoms. The minimum Gasteiger partial charge on any atom is -0.370 e. The van der Waals surface area contributed by atoms with Crippen molar-refractivity contribution in [2.75, 3.05) is 32.7 Å². The van der Waals surface area contributed by atoms with Gasteiger partial charge in [-0.1, -0.05) is 27.7 Å². The third kappa shape index (κ3) is 8.97. The van der Waals surface area contributed by atoms with Gasteiger partial charge in [-0.25, -0.2) is 0 Å². The first kappa shape index (κ1) is 18.3.